The predicted octanol–water partition coefficient (Wildman–Crippen LogP) is 19.9. The number of nitrogens with zero attached hydrogens (tertiary/aromatic N) is 2. The Labute approximate surface area is 422 Å². The average Bonchev–Trinajstić information content (AvgIpc) is 3.44. The molecule has 12 aromatic carbocycles. The Morgan fingerprint density at radius 2 is 0.486 bits per heavy atom. The van der Waals surface area contributed by atoms with Gasteiger partial charge < -0.3 is 9.80 Å². The molecular weight excluding hydrogens is 869 g/mol. The molecule has 0 radical (unpaired) electrons. The summed E-state index contributed by atoms with van der Waals surface area (Å²) in [7, 11) is 0. The minimum atomic E-state index is 1.10. The Kier molecular flexibility index (Phi) is 10.7. The number of fused-ring (bicyclic) bond motifs is 6. The van der Waals surface area contributed by atoms with Gasteiger partial charge in [-0.3, -0.25) is 0 Å². The van der Waals surface area contributed by atoms with Gasteiger partial charge in [-0.05, 0) is 174 Å². The normalized spacial score (nSPS) is 11.5. The van der Waals surface area contributed by atoms with Crippen LogP contribution >= 0.6 is 0 Å². The SMILES string of the molecule is Cc1cccc(C)c1N(c1ccccc1)c1ccc2c(-c3ccccc3)c3c(c(-c4ccccc4)c2c1)-c1c-3c(-c2ccccc2)c2cc(N(c3ccccc3)c3ccccc3)ccc2c1-c1ccccc1. The molecule has 0 spiro atoms. The van der Waals surface area contributed by atoms with Gasteiger partial charge in [-0.1, -0.05) is 206 Å². The Hall–Kier alpha value is -9.24. The number of anilines is 6. The van der Waals surface area contributed by atoms with Crippen molar-refractivity contribution < 1.29 is 0 Å². The van der Waals surface area contributed by atoms with Crippen molar-refractivity contribution in [2.75, 3.05) is 9.80 Å². The van der Waals surface area contributed by atoms with E-state index in [1.807, 2.05) is 0 Å². The highest BCUT2D eigenvalue weighted by atomic mass is 15.1. The van der Waals surface area contributed by atoms with Crippen molar-refractivity contribution in [1.82, 2.24) is 0 Å². The minimum Gasteiger partial charge on any atom is -0.310 e. The first-order valence-corrected chi connectivity index (χ1v) is 24.9. The zero-order valence-corrected chi connectivity index (χ0v) is 40.3. The highest BCUT2D eigenvalue weighted by Gasteiger charge is 2.39. The maximum Gasteiger partial charge on any atom is 0.0519 e. The van der Waals surface area contributed by atoms with Crippen molar-refractivity contribution in [3.8, 4) is 66.8 Å². The van der Waals surface area contributed by atoms with Gasteiger partial charge in [-0.25, -0.2) is 0 Å². The monoisotopic (exact) mass is 918 g/mol. The van der Waals surface area contributed by atoms with Gasteiger partial charge in [-0.15, -0.1) is 0 Å². The van der Waals surface area contributed by atoms with Gasteiger partial charge in [0.15, 0.2) is 0 Å². The molecular formula is C70H50N2. The second-order valence-electron chi connectivity index (χ2n) is 18.8. The number of aryl methyl sites for hydroxylation is 2. The maximum absolute atomic E-state index is 2.47. The molecule has 1 aliphatic carbocycles. The van der Waals surface area contributed by atoms with Crippen molar-refractivity contribution in [2.24, 2.45) is 0 Å². The molecule has 1 aliphatic rings. The van der Waals surface area contributed by atoms with Crippen LogP contribution < -0.4 is 9.80 Å². The third-order valence-electron chi connectivity index (χ3n) is 14.6. The Balaban J connectivity index is 1.20. The summed E-state index contributed by atoms with van der Waals surface area (Å²) in [4.78, 5) is 4.84. The third-order valence-corrected chi connectivity index (χ3v) is 14.6. The van der Waals surface area contributed by atoms with E-state index < -0.39 is 0 Å². The molecule has 13 rings (SSSR count). The summed E-state index contributed by atoms with van der Waals surface area (Å²) in [5.74, 6) is 0. The van der Waals surface area contributed by atoms with E-state index >= 15 is 0 Å². The molecule has 0 heterocycles. The van der Waals surface area contributed by atoms with Crippen LogP contribution in [-0.4, -0.2) is 0 Å². The second kappa shape index (κ2) is 17.9. The highest BCUT2D eigenvalue weighted by molar-refractivity contribution is 6.33. The first-order valence-electron chi connectivity index (χ1n) is 24.9. The molecule has 0 bridgehead atoms. The first-order chi connectivity index (χ1) is 35.6. The van der Waals surface area contributed by atoms with Crippen LogP contribution in [0.3, 0.4) is 0 Å². The number of para-hydroxylation sites is 4. The fourth-order valence-electron chi connectivity index (χ4n) is 11.5. The standard InChI is InChI=1S/C70H50N2/c1-47-25-24-26-48(2)70(47)72(55-39-22-9-23-40-55)57-42-44-59-61(46-57)65(52-33-16-6-17-34-52)69-66-62(49-27-10-3-11-28-49)58-43-41-56(71(53-35-18-7-19-36-53)54-37-20-8-21-38-54)45-60(58)64(51-31-14-5-15-32-51)68(66)67(69)63(59)50-29-12-4-13-30-50/h3-46H,1-2H3. The van der Waals surface area contributed by atoms with E-state index in [2.05, 4.69) is 291 Å². The van der Waals surface area contributed by atoms with Crippen LogP contribution in [0.25, 0.3) is 88.3 Å². The molecule has 340 valence electrons. The van der Waals surface area contributed by atoms with Crippen LogP contribution in [0.15, 0.2) is 267 Å². The number of hydrogen-bond donors (Lipinski definition) is 0. The molecule has 2 nitrogen and oxygen atoms in total. The summed E-state index contributed by atoms with van der Waals surface area (Å²) in [5, 5.41) is 4.86. The summed E-state index contributed by atoms with van der Waals surface area (Å²) in [6.07, 6.45) is 0. The van der Waals surface area contributed by atoms with Crippen LogP contribution in [0.2, 0.25) is 0 Å². The van der Waals surface area contributed by atoms with E-state index in [4.69, 9.17) is 0 Å². The number of benzene rings is 12. The van der Waals surface area contributed by atoms with E-state index in [1.54, 1.807) is 0 Å². The van der Waals surface area contributed by atoms with Gasteiger partial charge in [0.1, 0.15) is 0 Å². The number of rotatable bonds is 10. The fraction of sp³-hybridized carbons (Fsp3) is 0.0286. The van der Waals surface area contributed by atoms with Crippen LogP contribution in [0.4, 0.5) is 34.1 Å². The molecule has 0 fully saturated rings. The lowest BCUT2D eigenvalue weighted by Gasteiger charge is -2.38. The van der Waals surface area contributed by atoms with Crippen molar-refractivity contribution >= 4 is 55.7 Å². The molecule has 2 heteroatoms. The summed E-state index contributed by atoms with van der Waals surface area (Å²) in [5.41, 5.74) is 24.1. The van der Waals surface area contributed by atoms with E-state index in [0.29, 0.717) is 0 Å². The number of hydrogen-bond acceptors (Lipinski definition) is 2. The minimum absolute atomic E-state index is 1.10. The second-order valence-corrected chi connectivity index (χ2v) is 18.8. The van der Waals surface area contributed by atoms with Gasteiger partial charge in [0.05, 0.1) is 5.69 Å². The first kappa shape index (κ1) is 42.8. The third kappa shape index (κ3) is 7.10. The lowest BCUT2D eigenvalue weighted by atomic mass is 9.65. The summed E-state index contributed by atoms with van der Waals surface area (Å²) < 4.78 is 0. The van der Waals surface area contributed by atoms with E-state index in [-0.39, 0.29) is 0 Å². The van der Waals surface area contributed by atoms with Crippen LogP contribution in [0.5, 0.6) is 0 Å². The van der Waals surface area contributed by atoms with Crippen molar-refractivity contribution in [2.45, 2.75) is 13.8 Å². The molecule has 72 heavy (non-hydrogen) atoms. The van der Waals surface area contributed by atoms with Crippen molar-refractivity contribution in [1.29, 1.82) is 0 Å². The van der Waals surface area contributed by atoms with Gasteiger partial charge in [-0.2, -0.15) is 0 Å². The Morgan fingerprint density at radius 3 is 0.819 bits per heavy atom. The molecule has 0 amide bonds. The van der Waals surface area contributed by atoms with E-state index in [0.717, 1.165) is 28.4 Å². The molecule has 0 aromatic heterocycles. The summed E-state index contributed by atoms with van der Waals surface area (Å²) >= 11 is 0. The summed E-state index contributed by atoms with van der Waals surface area (Å²) in [6.45, 7) is 4.46. The molecule has 0 N–H and O–H groups in total. The smallest absolute Gasteiger partial charge is 0.0519 e. The van der Waals surface area contributed by atoms with Gasteiger partial charge in [0, 0.05) is 28.4 Å². The molecule has 0 saturated carbocycles. The molecule has 0 atom stereocenters. The van der Waals surface area contributed by atoms with Crippen LogP contribution in [-0.2, 0) is 0 Å². The lowest BCUT2D eigenvalue weighted by Crippen LogP contribution is -2.13. The van der Waals surface area contributed by atoms with E-state index in [9.17, 15) is 0 Å². The van der Waals surface area contributed by atoms with Crippen LogP contribution in [0.1, 0.15) is 11.1 Å². The topological polar surface area (TPSA) is 6.48 Å². The summed E-state index contributed by atoms with van der Waals surface area (Å²) in [6, 6.07) is 97.7. The lowest BCUT2D eigenvalue weighted by molar-refractivity contribution is 1.22. The fourth-order valence-corrected chi connectivity index (χ4v) is 11.5. The Bertz CT molecular complexity index is 3890. The largest absolute Gasteiger partial charge is 0.310 e. The Morgan fingerprint density at radius 1 is 0.208 bits per heavy atom. The van der Waals surface area contributed by atoms with Crippen LogP contribution in [0, 0.1) is 13.8 Å². The van der Waals surface area contributed by atoms with Gasteiger partial charge in [0.25, 0.3) is 0 Å². The molecule has 12 aromatic rings. The molecule has 0 unspecified atom stereocenters. The molecule has 0 aliphatic heterocycles. The maximum atomic E-state index is 2.47. The van der Waals surface area contributed by atoms with E-state index in [1.165, 1.54) is 105 Å². The van der Waals surface area contributed by atoms with Crippen molar-refractivity contribution in [3.63, 3.8) is 0 Å². The predicted molar refractivity (Wildman–Crippen MR) is 306 cm³/mol. The van der Waals surface area contributed by atoms with Gasteiger partial charge >= 0.3 is 0 Å². The average molecular weight is 919 g/mol. The zero-order valence-electron chi connectivity index (χ0n) is 40.3. The molecule has 0 saturated heterocycles. The van der Waals surface area contributed by atoms with Gasteiger partial charge in [0.2, 0.25) is 0 Å². The van der Waals surface area contributed by atoms with Crippen molar-refractivity contribution in [3.05, 3.63) is 278 Å². The highest BCUT2D eigenvalue weighted by Crippen LogP contribution is 2.66. The quantitative estimate of drug-likeness (QED) is 0.135. The zero-order chi connectivity index (χ0) is 48.1.